The molecule has 0 aliphatic rings. The summed E-state index contributed by atoms with van der Waals surface area (Å²) in [5.74, 6) is -1.03. The van der Waals surface area contributed by atoms with Gasteiger partial charge in [-0.15, -0.1) is 0 Å². The molecule has 0 bridgehead atoms. The van der Waals surface area contributed by atoms with Crippen LogP contribution in [0.4, 0.5) is 0 Å². The van der Waals surface area contributed by atoms with E-state index in [1.165, 1.54) is 24.0 Å². The average molecular weight is 266 g/mol. The molecule has 0 aliphatic heterocycles. The first-order valence-electron chi connectivity index (χ1n) is 4.78. The number of carboxylic acids is 1. The minimum atomic E-state index is -1.03. The number of carboxylic acid groups (broad SMARTS) is 1. The van der Waals surface area contributed by atoms with Gasteiger partial charge in [0, 0.05) is 21.0 Å². The molecule has 0 fully saturated rings. The van der Waals surface area contributed by atoms with Gasteiger partial charge in [-0.3, -0.25) is 0 Å². The molecule has 5 heteroatoms. The zero-order valence-corrected chi connectivity index (χ0v) is 10.2. The largest absolute Gasteiger partial charge is 0.477 e. The summed E-state index contributed by atoms with van der Waals surface area (Å²) in [5.41, 5.74) is 0.0389. The number of aromatic nitrogens is 1. The van der Waals surface area contributed by atoms with Crippen LogP contribution in [0.5, 0.6) is 0 Å². The fraction of sp³-hybridized carbons (Fsp3) is 0. The SMILES string of the molecule is O=C(O)c1cc(Sc2cccc(Cl)c2)ccn1. The van der Waals surface area contributed by atoms with Crippen LogP contribution >= 0.6 is 23.4 Å². The van der Waals surface area contributed by atoms with Gasteiger partial charge in [0.1, 0.15) is 5.69 Å². The highest BCUT2D eigenvalue weighted by molar-refractivity contribution is 7.99. The molecule has 1 aromatic heterocycles. The predicted octanol–water partition coefficient (Wildman–Crippen LogP) is 3.58. The van der Waals surface area contributed by atoms with E-state index in [-0.39, 0.29) is 5.69 Å². The van der Waals surface area contributed by atoms with Gasteiger partial charge in [-0.25, -0.2) is 9.78 Å². The second kappa shape index (κ2) is 5.21. The maximum absolute atomic E-state index is 10.8. The van der Waals surface area contributed by atoms with Crippen LogP contribution in [0.2, 0.25) is 5.02 Å². The fourth-order valence-corrected chi connectivity index (χ4v) is 2.42. The molecule has 3 nitrogen and oxygen atoms in total. The molecule has 0 spiro atoms. The number of hydrogen-bond donors (Lipinski definition) is 1. The number of hydrogen-bond acceptors (Lipinski definition) is 3. The zero-order valence-electron chi connectivity index (χ0n) is 8.63. The van der Waals surface area contributed by atoms with Crippen molar-refractivity contribution in [3.63, 3.8) is 0 Å². The Morgan fingerprint density at radius 1 is 1.24 bits per heavy atom. The lowest BCUT2D eigenvalue weighted by Gasteiger charge is -2.02. The number of nitrogens with zero attached hydrogens (tertiary/aromatic N) is 1. The summed E-state index contributed by atoms with van der Waals surface area (Å²) in [6.45, 7) is 0. The van der Waals surface area contributed by atoms with Gasteiger partial charge in [-0.2, -0.15) is 0 Å². The number of carbonyl (C=O) groups is 1. The Balaban J connectivity index is 2.24. The third kappa shape index (κ3) is 3.22. The Morgan fingerprint density at radius 2 is 2.00 bits per heavy atom. The van der Waals surface area contributed by atoms with E-state index in [9.17, 15) is 4.79 Å². The van der Waals surface area contributed by atoms with Crippen molar-refractivity contribution in [3.8, 4) is 0 Å². The highest BCUT2D eigenvalue weighted by atomic mass is 35.5. The Morgan fingerprint density at radius 3 is 2.71 bits per heavy atom. The van der Waals surface area contributed by atoms with Crippen molar-refractivity contribution < 1.29 is 9.90 Å². The van der Waals surface area contributed by atoms with Crippen molar-refractivity contribution in [2.75, 3.05) is 0 Å². The van der Waals surface area contributed by atoms with Crippen LogP contribution in [0, 0.1) is 0 Å². The molecule has 0 atom stereocenters. The molecule has 0 amide bonds. The molecule has 0 unspecified atom stereocenters. The lowest BCUT2D eigenvalue weighted by molar-refractivity contribution is 0.0690. The van der Waals surface area contributed by atoms with E-state index in [4.69, 9.17) is 16.7 Å². The third-order valence-corrected chi connectivity index (χ3v) is 3.20. The second-order valence-corrected chi connectivity index (χ2v) is 4.82. The molecule has 86 valence electrons. The number of pyridine rings is 1. The van der Waals surface area contributed by atoms with Gasteiger partial charge in [0.25, 0.3) is 0 Å². The van der Waals surface area contributed by atoms with Crippen molar-refractivity contribution >= 4 is 29.3 Å². The van der Waals surface area contributed by atoms with Gasteiger partial charge in [0.15, 0.2) is 0 Å². The highest BCUT2D eigenvalue weighted by Crippen LogP contribution is 2.29. The molecular formula is C12H8ClNO2S. The van der Waals surface area contributed by atoms with Crippen molar-refractivity contribution in [1.29, 1.82) is 0 Å². The summed E-state index contributed by atoms with van der Waals surface area (Å²) < 4.78 is 0. The van der Waals surface area contributed by atoms with E-state index < -0.39 is 5.97 Å². The van der Waals surface area contributed by atoms with Crippen LogP contribution < -0.4 is 0 Å². The van der Waals surface area contributed by atoms with Gasteiger partial charge < -0.3 is 5.11 Å². The van der Waals surface area contributed by atoms with Crippen LogP contribution in [0.25, 0.3) is 0 Å². The average Bonchev–Trinajstić information content (AvgIpc) is 2.29. The van der Waals surface area contributed by atoms with E-state index in [2.05, 4.69) is 4.98 Å². The van der Waals surface area contributed by atoms with Crippen LogP contribution in [0.3, 0.4) is 0 Å². The first-order chi connectivity index (χ1) is 8.15. The number of rotatable bonds is 3. The molecular weight excluding hydrogens is 258 g/mol. The summed E-state index contributed by atoms with van der Waals surface area (Å²) >= 11 is 7.32. The molecule has 0 saturated carbocycles. The quantitative estimate of drug-likeness (QED) is 0.921. The first-order valence-corrected chi connectivity index (χ1v) is 5.97. The highest BCUT2D eigenvalue weighted by Gasteiger charge is 2.06. The molecule has 0 saturated heterocycles. The minimum absolute atomic E-state index is 0.0389. The summed E-state index contributed by atoms with van der Waals surface area (Å²) in [4.78, 5) is 16.3. The Bertz CT molecular complexity index is 560. The summed E-state index contributed by atoms with van der Waals surface area (Å²) in [6, 6.07) is 10.7. The number of benzene rings is 1. The molecule has 0 aliphatic carbocycles. The Labute approximate surface area is 107 Å². The number of halogens is 1. The van der Waals surface area contributed by atoms with Crippen LogP contribution in [-0.4, -0.2) is 16.1 Å². The third-order valence-electron chi connectivity index (χ3n) is 1.98. The molecule has 1 heterocycles. The first kappa shape index (κ1) is 12.0. The van der Waals surface area contributed by atoms with Gasteiger partial charge >= 0.3 is 5.97 Å². The predicted molar refractivity (Wildman–Crippen MR) is 66.8 cm³/mol. The van der Waals surface area contributed by atoms with Gasteiger partial charge in [-0.05, 0) is 30.3 Å². The standard InChI is InChI=1S/C12H8ClNO2S/c13-8-2-1-3-9(6-8)17-10-4-5-14-11(7-10)12(15)16/h1-7H,(H,15,16). The summed E-state index contributed by atoms with van der Waals surface area (Å²) in [5, 5.41) is 9.48. The monoisotopic (exact) mass is 265 g/mol. The molecule has 1 N–H and O–H groups in total. The van der Waals surface area contributed by atoms with Crippen molar-refractivity contribution in [1.82, 2.24) is 4.98 Å². The van der Waals surface area contributed by atoms with Crippen molar-refractivity contribution in [2.24, 2.45) is 0 Å². The van der Waals surface area contributed by atoms with E-state index in [1.807, 2.05) is 18.2 Å². The Kier molecular flexibility index (Phi) is 3.66. The minimum Gasteiger partial charge on any atom is -0.477 e. The smallest absolute Gasteiger partial charge is 0.354 e. The van der Waals surface area contributed by atoms with Crippen molar-refractivity contribution in [2.45, 2.75) is 9.79 Å². The van der Waals surface area contributed by atoms with Gasteiger partial charge in [0.2, 0.25) is 0 Å². The Hall–Kier alpha value is -1.52. The van der Waals surface area contributed by atoms with E-state index in [0.29, 0.717) is 5.02 Å². The molecule has 2 aromatic rings. The topological polar surface area (TPSA) is 50.2 Å². The van der Waals surface area contributed by atoms with Crippen LogP contribution in [0.15, 0.2) is 52.4 Å². The molecule has 1 aromatic carbocycles. The van der Waals surface area contributed by atoms with E-state index in [1.54, 1.807) is 12.1 Å². The van der Waals surface area contributed by atoms with Gasteiger partial charge in [-0.1, -0.05) is 29.4 Å². The molecule has 2 rings (SSSR count). The maximum Gasteiger partial charge on any atom is 0.354 e. The van der Waals surface area contributed by atoms with Crippen molar-refractivity contribution in [3.05, 3.63) is 53.3 Å². The molecule has 0 radical (unpaired) electrons. The second-order valence-electron chi connectivity index (χ2n) is 3.24. The molecule has 17 heavy (non-hydrogen) atoms. The summed E-state index contributed by atoms with van der Waals surface area (Å²) in [6.07, 6.45) is 1.48. The zero-order chi connectivity index (χ0) is 12.3. The van der Waals surface area contributed by atoms with E-state index in [0.717, 1.165) is 9.79 Å². The van der Waals surface area contributed by atoms with Crippen LogP contribution in [0.1, 0.15) is 10.5 Å². The van der Waals surface area contributed by atoms with E-state index >= 15 is 0 Å². The summed E-state index contributed by atoms with van der Waals surface area (Å²) in [7, 11) is 0. The fourth-order valence-electron chi connectivity index (χ4n) is 1.26. The van der Waals surface area contributed by atoms with Gasteiger partial charge in [0.05, 0.1) is 0 Å². The lowest BCUT2D eigenvalue weighted by Crippen LogP contribution is -1.99. The maximum atomic E-state index is 10.8. The number of aromatic carboxylic acids is 1. The van der Waals surface area contributed by atoms with Crippen LogP contribution in [-0.2, 0) is 0 Å². The lowest BCUT2D eigenvalue weighted by atomic mass is 10.3. The normalized spacial score (nSPS) is 10.2.